The SMILES string of the molecule is CCCCNC(=O)N1CCc2cccc(C/C=C/CO)c21. The lowest BCUT2D eigenvalue weighted by atomic mass is 10.0. The predicted octanol–water partition coefficient (Wildman–Crippen LogP) is 2.65. The number of nitrogens with one attached hydrogen (secondary N) is 1. The van der Waals surface area contributed by atoms with Gasteiger partial charge in [-0.05, 0) is 30.4 Å². The molecule has 4 heteroatoms. The van der Waals surface area contributed by atoms with Crippen LogP contribution < -0.4 is 10.2 Å². The third kappa shape index (κ3) is 3.85. The van der Waals surface area contributed by atoms with Crippen molar-refractivity contribution in [2.45, 2.75) is 32.6 Å². The Hall–Kier alpha value is -1.81. The predicted molar refractivity (Wildman–Crippen MR) is 85.7 cm³/mol. The lowest BCUT2D eigenvalue weighted by Gasteiger charge is -2.20. The standard InChI is InChI=1S/C17H24N2O2/c1-2-3-11-18-17(21)19-12-10-15-9-6-8-14(16(15)19)7-4-5-13-20/h4-6,8-9,20H,2-3,7,10-13H2,1H3,(H,18,21)/b5-4+. The Balaban J connectivity index is 2.13. The maximum Gasteiger partial charge on any atom is 0.321 e. The molecular formula is C17H24N2O2. The summed E-state index contributed by atoms with van der Waals surface area (Å²) in [4.78, 5) is 14.2. The van der Waals surface area contributed by atoms with Crippen molar-refractivity contribution in [3.05, 3.63) is 41.5 Å². The number of aliphatic hydroxyl groups excluding tert-OH is 1. The first-order valence-electron chi connectivity index (χ1n) is 7.70. The van der Waals surface area contributed by atoms with E-state index in [1.54, 1.807) is 6.08 Å². The van der Waals surface area contributed by atoms with Gasteiger partial charge in [0.05, 0.1) is 12.3 Å². The molecule has 1 heterocycles. The molecule has 0 atom stereocenters. The number of fused-ring (bicyclic) bond motifs is 1. The Morgan fingerprint density at radius 1 is 1.43 bits per heavy atom. The highest BCUT2D eigenvalue weighted by Gasteiger charge is 2.26. The van der Waals surface area contributed by atoms with Gasteiger partial charge in [-0.2, -0.15) is 0 Å². The Kier molecular flexibility index (Phi) is 5.81. The average molecular weight is 288 g/mol. The van der Waals surface area contributed by atoms with Crippen molar-refractivity contribution in [1.82, 2.24) is 5.32 Å². The minimum atomic E-state index is 0.000729. The summed E-state index contributed by atoms with van der Waals surface area (Å²) in [5.74, 6) is 0. The van der Waals surface area contributed by atoms with E-state index in [9.17, 15) is 4.79 Å². The van der Waals surface area contributed by atoms with E-state index in [1.165, 1.54) is 5.56 Å². The smallest absolute Gasteiger partial charge is 0.321 e. The molecule has 0 aliphatic carbocycles. The van der Waals surface area contributed by atoms with Gasteiger partial charge in [0.1, 0.15) is 0 Å². The first-order chi connectivity index (χ1) is 10.3. The number of nitrogens with zero attached hydrogens (tertiary/aromatic N) is 1. The summed E-state index contributed by atoms with van der Waals surface area (Å²) in [5, 5.41) is 11.8. The summed E-state index contributed by atoms with van der Waals surface area (Å²) in [6, 6.07) is 6.19. The van der Waals surface area contributed by atoms with Crippen LogP contribution in [0, 0.1) is 0 Å². The first-order valence-corrected chi connectivity index (χ1v) is 7.70. The van der Waals surface area contributed by atoms with Gasteiger partial charge >= 0.3 is 6.03 Å². The van der Waals surface area contributed by atoms with Gasteiger partial charge in [-0.3, -0.25) is 4.90 Å². The van der Waals surface area contributed by atoms with Crippen molar-refractivity contribution in [3.63, 3.8) is 0 Å². The molecule has 0 saturated carbocycles. The largest absolute Gasteiger partial charge is 0.392 e. The van der Waals surface area contributed by atoms with E-state index >= 15 is 0 Å². The van der Waals surface area contributed by atoms with Crippen LogP contribution in [0.5, 0.6) is 0 Å². The Morgan fingerprint density at radius 2 is 2.29 bits per heavy atom. The van der Waals surface area contributed by atoms with Crippen LogP contribution in [0.3, 0.4) is 0 Å². The first kappa shape index (κ1) is 15.6. The fraction of sp³-hybridized carbons (Fsp3) is 0.471. The van der Waals surface area contributed by atoms with Gasteiger partial charge in [-0.25, -0.2) is 4.79 Å². The second-order valence-corrected chi connectivity index (χ2v) is 5.27. The third-order valence-electron chi connectivity index (χ3n) is 3.74. The van der Waals surface area contributed by atoms with Gasteiger partial charge < -0.3 is 10.4 Å². The monoisotopic (exact) mass is 288 g/mol. The van der Waals surface area contributed by atoms with Crippen LogP contribution >= 0.6 is 0 Å². The topological polar surface area (TPSA) is 52.6 Å². The van der Waals surface area contributed by atoms with Crippen molar-refractivity contribution in [2.75, 3.05) is 24.6 Å². The minimum absolute atomic E-state index is 0.000729. The zero-order valence-corrected chi connectivity index (χ0v) is 12.6. The molecule has 1 aromatic rings. The van der Waals surface area contributed by atoms with Crippen LogP contribution in [0.4, 0.5) is 10.5 Å². The van der Waals surface area contributed by atoms with Crippen molar-refractivity contribution < 1.29 is 9.90 Å². The lowest BCUT2D eigenvalue weighted by Crippen LogP contribution is -2.39. The molecule has 0 saturated heterocycles. The molecule has 2 N–H and O–H groups in total. The highest BCUT2D eigenvalue weighted by atomic mass is 16.2. The number of allylic oxidation sites excluding steroid dienone is 1. The molecule has 1 aliphatic heterocycles. The number of carbonyl (C=O) groups excluding carboxylic acids is 1. The zero-order valence-electron chi connectivity index (χ0n) is 12.6. The van der Waals surface area contributed by atoms with E-state index in [2.05, 4.69) is 24.4 Å². The molecule has 0 unspecified atom stereocenters. The van der Waals surface area contributed by atoms with E-state index in [0.717, 1.165) is 50.0 Å². The summed E-state index contributed by atoms with van der Waals surface area (Å²) >= 11 is 0. The summed E-state index contributed by atoms with van der Waals surface area (Å²) < 4.78 is 0. The molecule has 1 aliphatic rings. The number of amides is 2. The number of rotatable bonds is 6. The molecule has 4 nitrogen and oxygen atoms in total. The van der Waals surface area contributed by atoms with Gasteiger partial charge in [-0.1, -0.05) is 43.7 Å². The van der Waals surface area contributed by atoms with Crippen LogP contribution in [0.2, 0.25) is 0 Å². The van der Waals surface area contributed by atoms with E-state index in [-0.39, 0.29) is 12.6 Å². The number of carbonyl (C=O) groups is 1. The van der Waals surface area contributed by atoms with E-state index in [4.69, 9.17) is 5.11 Å². The van der Waals surface area contributed by atoms with Crippen molar-refractivity contribution in [3.8, 4) is 0 Å². The lowest BCUT2D eigenvalue weighted by molar-refractivity contribution is 0.246. The molecule has 114 valence electrons. The summed E-state index contributed by atoms with van der Waals surface area (Å²) in [6.45, 7) is 3.64. The number of benzene rings is 1. The van der Waals surface area contributed by atoms with Gasteiger partial charge in [0, 0.05) is 13.1 Å². The van der Waals surface area contributed by atoms with Crippen LogP contribution in [0.1, 0.15) is 30.9 Å². The highest BCUT2D eigenvalue weighted by Crippen LogP contribution is 2.32. The number of anilines is 1. The summed E-state index contributed by atoms with van der Waals surface area (Å²) in [5.41, 5.74) is 3.42. The number of urea groups is 1. The van der Waals surface area contributed by atoms with Gasteiger partial charge in [0.15, 0.2) is 0 Å². The Labute approximate surface area is 126 Å². The third-order valence-corrected chi connectivity index (χ3v) is 3.74. The molecule has 0 spiro atoms. The zero-order chi connectivity index (χ0) is 15.1. The maximum atomic E-state index is 12.3. The van der Waals surface area contributed by atoms with Crippen molar-refractivity contribution in [1.29, 1.82) is 0 Å². The molecule has 2 rings (SSSR count). The van der Waals surface area contributed by atoms with Crippen molar-refractivity contribution in [2.24, 2.45) is 0 Å². The van der Waals surface area contributed by atoms with E-state index < -0.39 is 0 Å². The van der Waals surface area contributed by atoms with Crippen LogP contribution in [0.15, 0.2) is 30.4 Å². The molecular weight excluding hydrogens is 264 g/mol. The Bertz CT molecular complexity index is 512. The fourth-order valence-electron chi connectivity index (χ4n) is 2.66. The molecule has 0 bridgehead atoms. The van der Waals surface area contributed by atoms with Gasteiger partial charge in [-0.15, -0.1) is 0 Å². The molecule has 0 aromatic heterocycles. The fourth-order valence-corrected chi connectivity index (χ4v) is 2.66. The molecule has 1 aromatic carbocycles. The molecule has 21 heavy (non-hydrogen) atoms. The van der Waals surface area contributed by atoms with Crippen LogP contribution in [-0.4, -0.2) is 30.8 Å². The molecule has 0 radical (unpaired) electrons. The Morgan fingerprint density at radius 3 is 3.05 bits per heavy atom. The number of para-hydroxylation sites is 1. The second-order valence-electron chi connectivity index (χ2n) is 5.27. The second kappa shape index (κ2) is 7.84. The number of unbranched alkanes of at least 4 members (excludes halogenated alkanes) is 1. The van der Waals surface area contributed by atoms with Gasteiger partial charge in [0.2, 0.25) is 0 Å². The number of hydrogen-bond donors (Lipinski definition) is 2. The normalized spacial score (nSPS) is 13.7. The van der Waals surface area contributed by atoms with Crippen LogP contribution in [-0.2, 0) is 12.8 Å². The number of hydrogen-bond acceptors (Lipinski definition) is 2. The highest BCUT2D eigenvalue weighted by molar-refractivity contribution is 5.95. The van der Waals surface area contributed by atoms with Gasteiger partial charge in [0.25, 0.3) is 0 Å². The summed E-state index contributed by atoms with van der Waals surface area (Å²) in [7, 11) is 0. The number of aliphatic hydroxyl groups is 1. The average Bonchev–Trinajstić information content (AvgIpc) is 2.92. The minimum Gasteiger partial charge on any atom is -0.392 e. The summed E-state index contributed by atoms with van der Waals surface area (Å²) in [6.07, 6.45) is 7.42. The molecule has 0 fully saturated rings. The molecule has 2 amide bonds. The van der Waals surface area contributed by atoms with Crippen molar-refractivity contribution >= 4 is 11.7 Å². The van der Waals surface area contributed by atoms with E-state index in [0.29, 0.717) is 0 Å². The van der Waals surface area contributed by atoms with Crippen LogP contribution in [0.25, 0.3) is 0 Å². The van der Waals surface area contributed by atoms with E-state index in [1.807, 2.05) is 17.0 Å². The quantitative estimate of drug-likeness (QED) is 0.624. The maximum absolute atomic E-state index is 12.3.